The van der Waals surface area contributed by atoms with Crippen molar-refractivity contribution in [2.24, 2.45) is 11.7 Å². The van der Waals surface area contributed by atoms with E-state index < -0.39 is 27.7 Å². The van der Waals surface area contributed by atoms with Crippen LogP contribution >= 0.6 is 0 Å². The largest absolute Gasteiger partial charge is 0.455 e. The number of aliphatic hydroxyl groups is 1. The van der Waals surface area contributed by atoms with Gasteiger partial charge in [-0.25, -0.2) is 0 Å². The Hall–Kier alpha value is -2.77. The number of fused-ring (bicyclic) bond motifs is 5. The van der Waals surface area contributed by atoms with Gasteiger partial charge in [0.2, 0.25) is 0 Å². The quantitative estimate of drug-likeness (QED) is 0.601. The highest BCUT2D eigenvalue weighted by Crippen LogP contribution is 2.58. The molecule has 26 heavy (non-hydrogen) atoms. The van der Waals surface area contributed by atoms with Crippen molar-refractivity contribution in [3.63, 3.8) is 0 Å². The van der Waals surface area contributed by atoms with Crippen LogP contribution in [-0.4, -0.2) is 15.8 Å². The summed E-state index contributed by atoms with van der Waals surface area (Å²) in [6.45, 7) is 2.28. The number of ketones is 1. The number of carbonyl (C=O) groups is 1. The molecule has 0 bridgehead atoms. The first-order valence-corrected chi connectivity index (χ1v) is 8.43. The summed E-state index contributed by atoms with van der Waals surface area (Å²) in [4.78, 5) is 23.4. The summed E-state index contributed by atoms with van der Waals surface area (Å²) in [5, 5.41) is 22.3. The molecule has 1 heterocycles. The average Bonchev–Trinajstić information content (AvgIpc) is 3.34. The predicted octanol–water partition coefficient (Wildman–Crippen LogP) is 2.60. The number of para-hydroxylation sites is 1. The highest BCUT2D eigenvalue weighted by molar-refractivity contribution is 6.11. The van der Waals surface area contributed by atoms with Crippen molar-refractivity contribution in [3.8, 4) is 5.75 Å². The van der Waals surface area contributed by atoms with Gasteiger partial charge in [-0.15, -0.1) is 0 Å². The Bertz CT molecular complexity index is 939. The normalized spacial score (nSPS) is 27.6. The molecule has 1 saturated carbocycles. The van der Waals surface area contributed by atoms with Gasteiger partial charge < -0.3 is 15.6 Å². The van der Waals surface area contributed by atoms with E-state index >= 15 is 0 Å². The molecule has 1 aliphatic heterocycles. The summed E-state index contributed by atoms with van der Waals surface area (Å²) in [7, 11) is 0. The van der Waals surface area contributed by atoms with E-state index in [0.29, 0.717) is 5.56 Å². The van der Waals surface area contributed by atoms with Gasteiger partial charge in [0.05, 0.1) is 4.92 Å². The summed E-state index contributed by atoms with van der Waals surface area (Å²) in [6.07, 6.45) is 2.97. The number of ether oxygens (including phenoxy) is 1. The molecular weight excluding hydrogens is 336 g/mol. The minimum Gasteiger partial charge on any atom is -0.455 e. The lowest BCUT2D eigenvalue weighted by Gasteiger charge is -2.29. The molecular formula is C19H18N2O5. The lowest BCUT2D eigenvalue weighted by molar-refractivity contribution is -0.388. The molecule has 2 aromatic rings. The van der Waals surface area contributed by atoms with E-state index in [1.54, 1.807) is 24.3 Å². The number of nitrogens with zero attached hydrogens (tertiary/aromatic N) is 1. The second-order valence-corrected chi connectivity index (χ2v) is 7.02. The third-order valence-electron chi connectivity index (χ3n) is 5.15. The molecule has 7 nitrogen and oxygen atoms in total. The average molecular weight is 354 g/mol. The third-order valence-corrected chi connectivity index (χ3v) is 5.15. The number of nitro groups is 1. The maximum Gasteiger partial charge on any atom is 0.280 e. The van der Waals surface area contributed by atoms with Gasteiger partial charge in [-0.05, 0) is 12.0 Å². The highest BCUT2D eigenvalue weighted by atomic mass is 16.6. The maximum atomic E-state index is 12.8. The molecule has 0 amide bonds. The van der Waals surface area contributed by atoms with Crippen LogP contribution < -0.4 is 10.5 Å². The number of nitro benzene ring substituents is 1. The smallest absolute Gasteiger partial charge is 0.280 e. The molecule has 2 unspecified atom stereocenters. The number of Topliss-reactive ketones (excluding diaryl/α,β-unsaturated/α-hetero) is 1. The molecule has 0 spiro atoms. The zero-order chi connectivity index (χ0) is 18.7. The summed E-state index contributed by atoms with van der Waals surface area (Å²) in [5.74, 6) is -1.56. The Morgan fingerprint density at radius 3 is 2.50 bits per heavy atom. The monoisotopic (exact) mass is 354 g/mol. The molecule has 3 N–H and O–H groups in total. The van der Waals surface area contributed by atoms with E-state index in [0.717, 1.165) is 5.92 Å². The van der Waals surface area contributed by atoms with E-state index in [1.807, 2.05) is 0 Å². The van der Waals surface area contributed by atoms with Crippen LogP contribution in [0.5, 0.6) is 5.75 Å². The minimum atomic E-state index is -2.28. The van der Waals surface area contributed by atoms with Crippen LogP contribution in [0.15, 0.2) is 42.5 Å². The number of benzene rings is 2. The topological polar surface area (TPSA) is 116 Å². The van der Waals surface area contributed by atoms with Crippen LogP contribution in [0.2, 0.25) is 0 Å². The molecule has 3 aliphatic rings. The SMILES string of the molecule is CC1CC1.NC12C(=O)c3cccc([N+](=O)[O-])c3C1(O)Oc1ccccc12. The zero-order valence-corrected chi connectivity index (χ0v) is 14.1. The summed E-state index contributed by atoms with van der Waals surface area (Å²) in [5.41, 5.74) is 4.07. The van der Waals surface area contributed by atoms with Gasteiger partial charge >= 0.3 is 0 Å². The van der Waals surface area contributed by atoms with Gasteiger partial charge in [0, 0.05) is 17.2 Å². The lowest BCUT2D eigenvalue weighted by Crippen LogP contribution is -2.55. The molecule has 0 saturated heterocycles. The molecule has 7 heteroatoms. The van der Waals surface area contributed by atoms with Gasteiger partial charge in [-0.2, -0.15) is 0 Å². The van der Waals surface area contributed by atoms with Crippen molar-refractivity contribution in [1.82, 2.24) is 0 Å². The fourth-order valence-corrected chi connectivity index (χ4v) is 3.44. The predicted molar refractivity (Wildman–Crippen MR) is 92.7 cm³/mol. The van der Waals surface area contributed by atoms with Crippen LogP contribution in [0.25, 0.3) is 0 Å². The van der Waals surface area contributed by atoms with Crippen LogP contribution in [0.1, 0.15) is 41.3 Å². The first kappa shape index (κ1) is 16.7. The molecule has 2 aromatic carbocycles. The van der Waals surface area contributed by atoms with Crippen molar-refractivity contribution in [3.05, 3.63) is 69.3 Å². The molecule has 0 radical (unpaired) electrons. The second kappa shape index (κ2) is 5.36. The summed E-state index contributed by atoms with van der Waals surface area (Å²) in [6, 6.07) is 10.5. The van der Waals surface area contributed by atoms with Crippen molar-refractivity contribution >= 4 is 11.5 Å². The van der Waals surface area contributed by atoms with E-state index in [4.69, 9.17) is 10.5 Å². The van der Waals surface area contributed by atoms with E-state index in [9.17, 15) is 20.0 Å². The van der Waals surface area contributed by atoms with Gasteiger partial charge in [-0.1, -0.05) is 50.1 Å². The van der Waals surface area contributed by atoms with Crippen molar-refractivity contribution in [1.29, 1.82) is 0 Å². The first-order chi connectivity index (χ1) is 12.3. The molecule has 134 valence electrons. The second-order valence-electron chi connectivity index (χ2n) is 7.02. The van der Waals surface area contributed by atoms with Crippen molar-refractivity contribution in [2.75, 3.05) is 0 Å². The van der Waals surface area contributed by atoms with Crippen LogP contribution in [0, 0.1) is 16.0 Å². The first-order valence-electron chi connectivity index (χ1n) is 8.43. The molecule has 2 atom stereocenters. The molecule has 5 rings (SSSR count). The van der Waals surface area contributed by atoms with E-state index in [-0.39, 0.29) is 16.9 Å². The number of hydrogen-bond acceptors (Lipinski definition) is 6. The fourth-order valence-electron chi connectivity index (χ4n) is 3.44. The highest BCUT2D eigenvalue weighted by Gasteiger charge is 2.70. The van der Waals surface area contributed by atoms with Gasteiger partial charge in [0.25, 0.3) is 11.5 Å². The van der Waals surface area contributed by atoms with Crippen LogP contribution in [0.4, 0.5) is 5.69 Å². The number of rotatable bonds is 1. The van der Waals surface area contributed by atoms with Crippen molar-refractivity contribution in [2.45, 2.75) is 31.1 Å². The molecule has 2 aliphatic carbocycles. The zero-order valence-electron chi connectivity index (χ0n) is 14.1. The number of carbonyl (C=O) groups excluding carboxylic acids is 1. The number of nitrogens with two attached hydrogens (primary N) is 1. The summed E-state index contributed by atoms with van der Waals surface area (Å²) < 4.78 is 5.51. The summed E-state index contributed by atoms with van der Waals surface area (Å²) >= 11 is 0. The number of hydrogen-bond donors (Lipinski definition) is 2. The lowest BCUT2D eigenvalue weighted by atomic mass is 9.84. The Labute approximate surface area is 149 Å². The molecule has 0 aromatic heterocycles. The van der Waals surface area contributed by atoms with E-state index in [2.05, 4.69) is 6.92 Å². The third kappa shape index (κ3) is 2.04. The van der Waals surface area contributed by atoms with Crippen LogP contribution in [0.3, 0.4) is 0 Å². The van der Waals surface area contributed by atoms with Crippen LogP contribution in [-0.2, 0) is 11.3 Å². The van der Waals surface area contributed by atoms with Gasteiger partial charge in [-0.3, -0.25) is 14.9 Å². The maximum absolute atomic E-state index is 12.8. The fraction of sp³-hybridized carbons (Fsp3) is 0.316. The standard InChI is InChI=1S/C15H10N2O5.C4H8/c16-14-9-5-1-2-7-11(9)22-15(14,19)12-8(13(14)18)4-3-6-10(12)17(20)21;1-4-2-3-4/h1-7,19H,16H2;4H,2-3H2,1H3. The van der Waals surface area contributed by atoms with Crippen molar-refractivity contribution < 1.29 is 19.6 Å². The Kier molecular flexibility index (Phi) is 3.44. The Morgan fingerprint density at radius 1 is 1.23 bits per heavy atom. The Morgan fingerprint density at radius 2 is 1.88 bits per heavy atom. The van der Waals surface area contributed by atoms with E-state index in [1.165, 1.54) is 31.0 Å². The minimum absolute atomic E-state index is 0.00806. The van der Waals surface area contributed by atoms with Gasteiger partial charge in [0.15, 0.2) is 11.3 Å². The van der Waals surface area contributed by atoms with Gasteiger partial charge in [0.1, 0.15) is 11.3 Å². The molecule has 1 fully saturated rings. The Balaban J connectivity index is 0.000000373.